The van der Waals surface area contributed by atoms with Crippen molar-refractivity contribution in [2.75, 3.05) is 6.07 Å². The van der Waals surface area contributed by atoms with E-state index >= 15 is 0 Å². The minimum absolute atomic E-state index is 0.151. The van der Waals surface area contributed by atoms with Gasteiger partial charge in [-0.1, -0.05) is 11.6 Å². The first-order chi connectivity index (χ1) is 4.83. The molecule has 0 fully saturated rings. The molecule has 10 heavy (non-hydrogen) atoms. The molecule has 0 bridgehead atoms. The van der Waals surface area contributed by atoms with Gasteiger partial charge in [0.2, 0.25) is 0 Å². The van der Waals surface area contributed by atoms with Gasteiger partial charge >= 0.3 is 0 Å². The van der Waals surface area contributed by atoms with Crippen LogP contribution >= 0.6 is 27.5 Å². The Bertz CT molecular complexity index is 219. The summed E-state index contributed by atoms with van der Waals surface area (Å²) in [6, 6.07) is 1.95. The van der Waals surface area contributed by atoms with Gasteiger partial charge in [0.25, 0.3) is 0 Å². The van der Waals surface area contributed by atoms with E-state index in [2.05, 4.69) is 20.9 Å². The van der Waals surface area contributed by atoms with Crippen molar-refractivity contribution in [1.82, 2.24) is 4.98 Å². The van der Waals surface area contributed by atoms with Gasteiger partial charge in [-0.3, -0.25) is 4.98 Å². The summed E-state index contributed by atoms with van der Waals surface area (Å²) >= 11 is 8.57. The lowest BCUT2D eigenvalue weighted by Gasteiger charge is -1.99. The van der Waals surface area contributed by atoms with Crippen molar-refractivity contribution in [3.8, 4) is 5.75 Å². The smallest absolute Gasteiger partial charge is 0.162 e. The van der Waals surface area contributed by atoms with Gasteiger partial charge in [-0.05, 0) is 22.0 Å². The maximum Gasteiger partial charge on any atom is 0.162 e. The molecule has 0 saturated heterocycles. The van der Waals surface area contributed by atoms with Crippen LogP contribution < -0.4 is 4.74 Å². The van der Waals surface area contributed by atoms with Crippen LogP contribution in [0.4, 0.5) is 0 Å². The van der Waals surface area contributed by atoms with Gasteiger partial charge in [0.1, 0.15) is 5.75 Å². The topological polar surface area (TPSA) is 22.1 Å². The van der Waals surface area contributed by atoms with E-state index in [1.807, 2.05) is 0 Å². The molecule has 1 aromatic rings. The molecule has 0 aliphatic heterocycles. The summed E-state index contributed by atoms with van der Waals surface area (Å²) in [5.41, 5.74) is 0. The van der Waals surface area contributed by atoms with Crippen LogP contribution in [0.2, 0.25) is 0 Å². The molecule has 0 aromatic carbocycles. The summed E-state index contributed by atoms with van der Waals surface area (Å²) in [6.45, 7) is 0. The lowest BCUT2D eigenvalue weighted by molar-refractivity contribution is 0.386. The summed E-state index contributed by atoms with van der Waals surface area (Å²) in [7, 11) is 0. The Morgan fingerprint density at radius 1 is 1.60 bits per heavy atom. The molecule has 1 aromatic heterocycles. The molecule has 0 N–H and O–H groups in total. The first-order valence-corrected chi connectivity index (χ1v) is 3.95. The average molecular weight is 222 g/mol. The first kappa shape index (κ1) is 7.82. The standard InChI is InChI=1S/C6H5BrClNO/c7-5-1-6(10-4-8)3-9-2-5/h1-3H,4H2. The highest BCUT2D eigenvalue weighted by molar-refractivity contribution is 9.10. The van der Waals surface area contributed by atoms with E-state index in [1.165, 1.54) is 0 Å². The Hall–Kier alpha value is -0.280. The third-order valence-corrected chi connectivity index (χ3v) is 1.44. The van der Waals surface area contributed by atoms with Gasteiger partial charge in [-0.25, -0.2) is 0 Å². The fraction of sp³-hybridized carbons (Fsp3) is 0.167. The molecule has 0 saturated carbocycles. The molecule has 54 valence electrons. The number of hydrogen-bond donors (Lipinski definition) is 0. The zero-order valence-electron chi connectivity index (χ0n) is 5.05. The van der Waals surface area contributed by atoms with Crippen molar-refractivity contribution in [2.45, 2.75) is 0 Å². The van der Waals surface area contributed by atoms with Crippen molar-refractivity contribution < 1.29 is 4.74 Å². The average Bonchev–Trinajstić information content (AvgIpc) is 1.88. The summed E-state index contributed by atoms with van der Waals surface area (Å²) in [5, 5.41) is 0. The predicted molar refractivity (Wildman–Crippen MR) is 43.3 cm³/mol. The van der Waals surface area contributed by atoms with Crippen LogP contribution in [-0.4, -0.2) is 11.1 Å². The van der Waals surface area contributed by atoms with E-state index in [4.69, 9.17) is 16.3 Å². The van der Waals surface area contributed by atoms with Crippen LogP contribution in [0.3, 0.4) is 0 Å². The molecule has 1 heterocycles. The lowest BCUT2D eigenvalue weighted by Crippen LogP contribution is -1.88. The van der Waals surface area contributed by atoms with E-state index in [1.54, 1.807) is 18.5 Å². The summed E-state index contributed by atoms with van der Waals surface area (Å²) in [5.74, 6) is 0.671. The molecule has 0 atom stereocenters. The number of ether oxygens (including phenoxy) is 1. The molecule has 0 aliphatic rings. The SMILES string of the molecule is ClCOc1cncc(Br)c1. The molecule has 2 nitrogen and oxygen atoms in total. The summed E-state index contributed by atoms with van der Waals surface area (Å²) in [6.07, 6.45) is 3.29. The first-order valence-electron chi connectivity index (χ1n) is 2.62. The van der Waals surface area contributed by atoms with Gasteiger partial charge in [0.05, 0.1) is 6.20 Å². The van der Waals surface area contributed by atoms with E-state index in [-0.39, 0.29) is 6.07 Å². The Morgan fingerprint density at radius 2 is 2.40 bits per heavy atom. The van der Waals surface area contributed by atoms with Crippen LogP contribution in [-0.2, 0) is 0 Å². The van der Waals surface area contributed by atoms with Gasteiger partial charge in [0.15, 0.2) is 6.07 Å². The van der Waals surface area contributed by atoms with Crippen molar-refractivity contribution in [1.29, 1.82) is 0 Å². The highest BCUT2D eigenvalue weighted by atomic mass is 79.9. The normalized spacial score (nSPS) is 9.40. The second-order valence-electron chi connectivity index (χ2n) is 1.59. The number of rotatable bonds is 2. The molecule has 0 aliphatic carbocycles. The molecule has 1 rings (SSSR count). The third-order valence-electron chi connectivity index (χ3n) is 0.901. The van der Waals surface area contributed by atoms with Gasteiger partial charge < -0.3 is 4.74 Å². The van der Waals surface area contributed by atoms with Crippen LogP contribution in [0, 0.1) is 0 Å². The Kier molecular flexibility index (Phi) is 2.96. The lowest BCUT2D eigenvalue weighted by atomic mass is 10.5. The Labute approximate surface area is 72.3 Å². The fourth-order valence-corrected chi connectivity index (χ4v) is 1.00. The minimum atomic E-state index is 0.151. The number of alkyl halides is 1. The zero-order valence-corrected chi connectivity index (χ0v) is 7.39. The van der Waals surface area contributed by atoms with E-state index < -0.39 is 0 Å². The number of halogens is 2. The number of pyridine rings is 1. The van der Waals surface area contributed by atoms with Crippen LogP contribution in [0.25, 0.3) is 0 Å². The second kappa shape index (κ2) is 3.78. The third kappa shape index (κ3) is 2.15. The largest absolute Gasteiger partial charge is 0.476 e. The monoisotopic (exact) mass is 221 g/mol. The van der Waals surface area contributed by atoms with Crippen molar-refractivity contribution in [3.63, 3.8) is 0 Å². The number of nitrogens with zero attached hydrogens (tertiary/aromatic N) is 1. The minimum Gasteiger partial charge on any atom is -0.476 e. The predicted octanol–water partition coefficient (Wildman–Crippen LogP) is 2.42. The van der Waals surface area contributed by atoms with Crippen molar-refractivity contribution >= 4 is 27.5 Å². The van der Waals surface area contributed by atoms with Gasteiger partial charge in [0, 0.05) is 10.7 Å². The molecule has 0 spiro atoms. The van der Waals surface area contributed by atoms with Crippen LogP contribution in [0.5, 0.6) is 5.75 Å². The van der Waals surface area contributed by atoms with E-state index in [9.17, 15) is 0 Å². The van der Waals surface area contributed by atoms with Gasteiger partial charge in [-0.2, -0.15) is 0 Å². The van der Waals surface area contributed by atoms with Crippen LogP contribution in [0.1, 0.15) is 0 Å². The highest BCUT2D eigenvalue weighted by Crippen LogP contribution is 2.15. The molecule has 0 amide bonds. The second-order valence-corrected chi connectivity index (χ2v) is 2.73. The Balaban J connectivity index is 2.75. The molecule has 0 radical (unpaired) electrons. The maximum atomic E-state index is 5.32. The van der Waals surface area contributed by atoms with Crippen molar-refractivity contribution in [2.24, 2.45) is 0 Å². The molecular weight excluding hydrogens is 217 g/mol. The van der Waals surface area contributed by atoms with Gasteiger partial charge in [-0.15, -0.1) is 0 Å². The van der Waals surface area contributed by atoms with Crippen LogP contribution in [0.15, 0.2) is 22.9 Å². The van der Waals surface area contributed by atoms with E-state index in [0.29, 0.717) is 5.75 Å². The van der Waals surface area contributed by atoms with Crippen molar-refractivity contribution in [3.05, 3.63) is 22.9 Å². The Morgan fingerprint density at radius 3 is 3.00 bits per heavy atom. The molecule has 4 heteroatoms. The highest BCUT2D eigenvalue weighted by Gasteiger charge is 1.92. The fourth-order valence-electron chi connectivity index (χ4n) is 0.534. The quantitative estimate of drug-likeness (QED) is 0.717. The number of aromatic nitrogens is 1. The summed E-state index contributed by atoms with van der Waals surface area (Å²) in [4.78, 5) is 3.87. The maximum absolute atomic E-state index is 5.32. The molecular formula is C6H5BrClNO. The summed E-state index contributed by atoms with van der Waals surface area (Å²) < 4.78 is 5.84. The number of hydrogen-bond acceptors (Lipinski definition) is 2. The van der Waals surface area contributed by atoms with E-state index in [0.717, 1.165) is 4.47 Å². The zero-order chi connectivity index (χ0) is 7.40. The molecule has 0 unspecified atom stereocenters.